The molecular weight excluding hydrogens is 409 g/mol. The van der Waals surface area contributed by atoms with Gasteiger partial charge in [0.1, 0.15) is 30.1 Å². The van der Waals surface area contributed by atoms with E-state index in [0.29, 0.717) is 0 Å². The van der Waals surface area contributed by atoms with Crippen LogP contribution in [0, 0.1) is 18.6 Å². The molecule has 1 aliphatic heterocycles. The van der Waals surface area contributed by atoms with E-state index in [1.165, 1.54) is 30.0 Å². The van der Waals surface area contributed by atoms with Crippen molar-refractivity contribution in [2.24, 2.45) is 0 Å². The summed E-state index contributed by atoms with van der Waals surface area (Å²) in [5, 5.41) is 0. The topological polar surface area (TPSA) is 38.8 Å². The van der Waals surface area contributed by atoms with Crippen molar-refractivity contribution in [2.75, 3.05) is 26.3 Å². The Hall–Kier alpha value is -2.68. The van der Waals surface area contributed by atoms with Crippen LogP contribution in [0.3, 0.4) is 0 Å². The molecule has 0 aliphatic carbocycles. The zero-order valence-corrected chi connectivity index (χ0v) is 16.1. The number of amides is 1. The van der Waals surface area contributed by atoms with Gasteiger partial charge in [-0.2, -0.15) is 13.2 Å². The van der Waals surface area contributed by atoms with E-state index in [0.717, 1.165) is 18.2 Å². The molecule has 2 aromatic carbocycles. The summed E-state index contributed by atoms with van der Waals surface area (Å²) in [4.78, 5) is 13.9. The number of nitrogens with zero attached hydrogens (tertiary/aromatic N) is 1. The number of morpholine rings is 1. The number of carbonyl (C=O) groups is 1. The van der Waals surface area contributed by atoms with Crippen LogP contribution in [0.2, 0.25) is 0 Å². The van der Waals surface area contributed by atoms with Crippen LogP contribution in [0.1, 0.15) is 16.7 Å². The molecule has 0 radical (unpaired) electrons. The Morgan fingerprint density at radius 1 is 1.23 bits per heavy atom. The molecule has 0 saturated carbocycles. The first-order valence-electron chi connectivity index (χ1n) is 9.28. The molecule has 1 unspecified atom stereocenters. The van der Waals surface area contributed by atoms with Gasteiger partial charge < -0.3 is 14.4 Å². The van der Waals surface area contributed by atoms with E-state index in [1.54, 1.807) is 0 Å². The van der Waals surface area contributed by atoms with E-state index in [4.69, 9.17) is 9.47 Å². The molecule has 1 saturated heterocycles. The van der Waals surface area contributed by atoms with Gasteiger partial charge in [-0.05, 0) is 36.8 Å². The molecule has 4 nitrogen and oxygen atoms in total. The third kappa shape index (κ3) is 5.27. The van der Waals surface area contributed by atoms with Crippen molar-refractivity contribution in [1.29, 1.82) is 0 Å². The van der Waals surface area contributed by atoms with Crippen molar-refractivity contribution in [3.63, 3.8) is 0 Å². The molecule has 0 spiro atoms. The predicted octanol–water partition coefficient (Wildman–Crippen LogP) is 4.14. The summed E-state index contributed by atoms with van der Waals surface area (Å²) in [5.74, 6) is -1.98. The molecule has 3 rings (SSSR count). The molecule has 1 fully saturated rings. The molecule has 0 aromatic heterocycles. The number of alkyl halides is 3. The second-order valence-electron chi connectivity index (χ2n) is 7.00. The maximum absolute atomic E-state index is 14.2. The summed E-state index contributed by atoms with van der Waals surface area (Å²) in [7, 11) is 0. The highest BCUT2D eigenvalue weighted by Crippen LogP contribution is 2.31. The Morgan fingerprint density at radius 2 is 2.00 bits per heavy atom. The average Bonchev–Trinajstić information content (AvgIpc) is 2.72. The lowest BCUT2D eigenvalue weighted by atomic mass is 10.1. The third-order valence-electron chi connectivity index (χ3n) is 4.80. The van der Waals surface area contributed by atoms with Crippen LogP contribution in [0.15, 0.2) is 36.4 Å². The quantitative estimate of drug-likeness (QED) is 0.671. The minimum absolute atomic E-state index is 0.0285. The number of carbonyl (C=O) groups excluding carboxylic acids is 1. The van der Waals surface area contributed by atoms with Crippen molar-refractivity contribution in [3.05, 3.63) is 64.7 Å². The van der Waals surface area contributed by atoms with Crippen molar-refractivity contribution in [3.8, 4) is 5.75 Å². The molecule has 9 heteroatoms. The smallest absolute Gasteiger partial charge is 0.416 e. The largest absolute Gasteiger partial charge is 0.491 e. The Balaban J connectivity index is 1.59. The Morgan fingerprint density at radius 3 is 2.73 bits per heavy atom. The molecular formula is C21H20F5NO3. The molecule has 0 bridgehead atoms. The Bertz CT molecular complexity index is 916. The second kappa shape index (κ2) is 8.99. The number of ether oxygens (including phenoxy) is 2. The number of aryl methyl sites for hydroxylation is 1. The van der Waals surface area contributed by atoms with Crippen LogP contribution in [0.5, 0.6) is 5.75 Å². The summed E-state index contributed by atoms with van der Waals surface area (Å²) in [6, 6.07) is 6.87. The maximum Gasteiger partial charge on any atom is 0.416 e. The fourth-order valence-corrected chi connectivity index (χ4v) is 3.14. The molecule has 162 valence electrons. The minimum Gasteiger partial charge on any atom is -0.491 e. The van der Waals surface area contributed by atoms with Gasteiger partial charge in [0.15, 0.2) is 0 Å². The maximum atomic E-state index is 14.2. The first kappa shape index (κ1) is 22.0. The van der Waals surface area contributed by atoms with E-state index < -0.39 is 41.8 Å². The number of halogens is 5. The van der Waals surface area contributed by atoms with Crippen LogP contribution in [-0.4, -0.2) is 43.2 Å². The second-order valence-corrected chi connectivity index (χ2v) is 7.00. The van der Waals surface area contributed by atoms with E-state index >= 15 is 0 Å². The SMILES string of the molecule is Cc1ccc(F)c(CC(=O)N2CCOC(COc3cccc(C(F)(F)F)c3)C2)c1F. The zero-order chi connectivity index (χ0) is 21.9. The predicted molar refractivity (Wildman–Crippen MR) is 98.1 cm³/mol. The molecule has 1 aliphatic rings. The summed E-state index contributed by atoms with van der Waals surface area (Å²) in [6.07, 6.45) is -5.49. The molecule has 2 aromatic rings. The first-order chi connectivity index (χ1) is 14.1. The number of rotatable bonds is 5. The lowest BCUT2D eigenvalue weighted by Crippen LogP contribution is -2.48. The first-order valence-corrected chi connectivity index (χ1v) is 9.28. The third-order valence-corrected chi connectivity index (χ3v) is 4.80. The van der Waals surface area contributed by atoms with E-state index in [-0.39, 0.29) is 43.2 Å². The summed E-state index contributed by atoms with van der Waals surface area (Å²) in [5.41, 5.74) is -0.875. The van der Waals surface area contributed by atoms with Crippen LogP contribution in [-0.2, 0) is 22.1 Å². The number of hydrogen-bond donors (Lipinski definition) is 0. The monoisotopic (exact) mass is 429 g/mol. The highest BCUT2D eigenvalue weighted by molar-refractivity contribution is 5.79. The highest BCUT2D eigenvalue weighted by atomic mass is 19.4. The van der Waals surface area contributed by atoms with Gasteiger partial charge in [-0.1, -0.05) is 12.1 Å². The molecule has 1 amide bonds. The Kier molecular flexibility index (Phi) is 6.60. The van der Waals surface area contributed by atoms with Gasteiger partial charge in [0.05, 0.1) is 25.1 Å². The van der Waals surface area contributed by atoms with Crippen molar-refractivity contribution >= 4 is 5.91 Å². The number of hydrogen-bond acceptors (Lipinski definition) is 3. The van der Waals surface area contributed by atoms with Crippen LogP contribution < -0.4 is 4.74 Å². The molecule has 30 heavy (non-hydrogen) atoms. The average molecular weight is 429 g/mol. The Labute approximate surface area is 170 Å². The number of benzene rings is 2. The fourth-order valence-electron chi connectivity index (χ4n) is 3.14. The van der Waals surface area contributed by atoms with E-state index in [1.807, 2.05) is 0 Å². The zero-order valence-electron chi connectivity index (χ0n) is 16.1. The van der Waals surface area contributed by atoms with Gasteiger partial charge >= 0.3 is 6.18 Å². The van der Waals surface area contributed by atoms with Gasteiger partial charge in [0.2, 0.25) is 5.91 Å². The van der Waals surface area contributed by atoms with Gasteiger partial charge in [-0.3, -0.25) is 4.79 Å². The van der Waals surface area contributed by atoms with Crippen LogP contribution in [0.25, 0.3) is 0 Å². The lowest BCUT2D eigenvalue weighted by molar-refractivity contribution is -0.140. The van der Waals surface area contributed by atoms with Gasteiger partial charge in [-0.15, -0.1) is 0 Å². The van der Waals surface area contributed by atoms with Crippen molar-refractivity contribution in [2.45, 2.75) is 25.6 Å². The molecule has 1 atom stereocenters. The lowest BCUT2D eigenvalue weighted by Gasteiger charge is -2.33. The molecule has 0 N–H and O–H groups in total. The standard InChI is InChI=1S/C21H20F5NO3/c1-13-5-6-18(22)17(20(13)23)10-19(28)27-7-8-29-16(11-27)12-30-15-4-2-3-14(9-15)21(24,25)26/h2-6,9,16H,7-8,10-12H2,1H3. The van der Waals surface area contributed by atoms with Crippen molar-refractivity contribution in [1.82, 2.24) is 4.90 Å². The van der Waals surface area contributed by atoms with E-state index in [2.05, 4.69) is 0 Å². The van der Waals surface area contributed by atoms with Gasteiger partial charge in [-0.25, -0.2) is 8.78 Å². The van der Waals surface area contributed by atoms with Gasteiger partial charge in [0, 0.05) is 12.1 Å². The summed E-state index contributed by atoms with van der Waals surface area (Å²) in [6.45, 7) is 1.94. The normalized spacial score (nSPS) is 17.1. The molecule has 1 heterocycles. The highest BCUT2D eigenvalue weighted by Gasteiger charge is 2.31. The minimum atomic E-state index is -4.48. The van der Waals surface area contributed by atoms with Crippen LogP contribution in [0.4, 0.5) is 22.0 Å². The van der Waals surface area contributed by atoms with Crippen molar-refractivity contribution < 1.29 is 36.2 Å². The fraction of sp³-hybridized carbons (Fsp3) is 0.381. The summed E-state index contributed by atoms with van der Waals surface area (Å²) >= 11 is 0. The van der Waals surface area contributed by atoms with E-state index in [9.17, 15) is 26.7 Å². The summed E-state index contributed by atoms with van der Waals surface area (Å²) < 4.78 is 77.3. The van der Waals surface area contributed by atoms with Gasteiger partial charge in [0.25, 0.3) is 0 Å². The van der Waals surface area contributed by atoms with Crippen LogP contribution >= 0.6 is 0 Å².